The van der Waals surface area contributed by atoms with E-state index in [-0.39, 0.29) is 24.2 Å². The van der Waals surface area contributed by atoms with Crippen LogP contribution in [0.1, 0.15) is 43.0 Å². The van der Waals surface area contributed by atoms with Gasteiger partial charge in [-0.2, -0.15) is 0 Å². The molecule has 124 valence electrons. The summed E-state index contributed by atoms with van der Waals surface area (Å²) in [5, 5.41) is 10.8. The van der Waals surface area contributed by atoms with Crippen LogP contribution < -0.4 is 10.6 Å². The predicted molar refractivity (Wildman–Crippen MR) is 95.2 cm³/mol. The first kappa shape index (κ1) is 16.5. The second kappa shape index (κ2) is 6.63. The summed E-state index contributed by atoms with van der Waals surface area (Å²) < 4.78 is 5.31. The zero-order chi connectivity index (χ0) is 16.4. The summed E-state index contributed by atoms with van der Waals surface area (Å²) >= 11 is 3.51. The Morgan fingerprint density at radius 3 is 2.26 bits per heavy atom. The molecule has 3 rings (SSSR count). The Balaban J connectivity index is 1.57. The standard InChI is InChI=1S/C17H22N2O2S2/c1-17(2,3)21-16(20)19-12-10-11(12)18-15(13-6-4-8-22-13)14-7-5-9-23-14/h4-9,11-12,15,18H,10H2,1-3H3,(H,19,20). The highest BCUT2D eigenvalue weighted by Gasteiger charge is 2.41. The molecule has 2 N–H and O–H groups in total. The van der Waals surface area contributed by atoms with E-state index in [0.29, 0.717) is 0 Å². The van der Waals surface area contributed by atoms with Crippen LogP contribution in [0.4, 0.5) is 4.79 Å². The SMILES string of the molecule is CC(C)(C)OC(=O)NC1CC1NC(c1cccs1)c1cccs1. The van der Waals surface area contributed by atoms with Gasteiger partial charge in [-0.3, -0.25) is 5.32 Å². The van der Waals surface area contributed by atoms with E-state index < -0.39 is 5.60 Å². The van der Waals surface area contributed by atoms with Crippen molar-refractivity contribution < 1.29 is 9.53 Å². The molecule has 2 atom stereocenters. The molecule has 2 aromatic rings. The Labute approximate surface area is 144 Å². The largest absolute Gasteiger partial charge is 0.444 e. The van der Waals surface area contributed by atoms with E-state index in [1.54, 1.807) is 22.7 Å². The number of rotatable bonds is 5. The molecule has 6 heteroatoms. The Morgan fingerprint density at radius 2 is 1.78 bits per heavy atom. The summed E-state index contributed by atoms with van der Waals surface area (Å²) in [5.74, 6) is 0. The third kappa shape index (κ3) is 4.56. The van der Waals surface area contributed by atoms with Gasteiger partial charge in [0, 0.05) is 21.8 Å². The third-order valence-corrected chi connectivity index (χ3v) is 5.40. The van der Waals surface area contributed by atoms with Gasteiger partial charge in [0.2, 0.25) is 0 Å². The van der Waals surface area contributed by atoms with Crippen molar-refractivity contribution in [2.45, 2.75) is 50.9 Å². The van der Waals surface area contributed by atoms with Crippen LogP contribution in [0.3, 0.4) is 0 Å². The zero-order valence-corrected chi connectivity index (χ0v) is 15.2. The summed E-state index contributed by atoms with van der Waals surface area (Å²) in [4.78, 5) is 14.4. The lowest BCUT2D eigenvalue weighted by Gasteiger charge is -2.20. The van der Waals surface area contributed by atoms with Crippen molar-refractivity contribution in [3.05, 3.63) is 44.8 Å². The fraction of sp³-hybridized carbons (Fsp3) is 0.471. The molecular formula is C17H22N2O2S2. The van der Waals surface area contributed by atoms with Crippen molar-refractivity contribution in [3.8, 4) is 0 Å². The maximum absolute atomic E-state index is 11.8. The normalized spacial score (nSPS) is 20.5. The molecule has 0 spiro atoms. The van der Waals surface area contributed by atoms with E-state index in [2.05, 4.69) is 45.7 Å². The molecule has 23 heavy (non-hydrogen) atoms. The van der Waals surface area contributed by atoms with E-state index >= 15 is 0 Å². The first-order valence-corrected chi connectivity index (χ1v) is 9.51. The fourth-order valence-corrected chi connectivity index (χ4v) is 4.11. The average Bonchev–Trinajstić information content (AvgIpc) is 2.91. The lowest BCUT2D eigenvalue weighted by atomic mass is 10.2. The molecule has 1 fully saturated rings. The van der Waals surface area contributed by atoms with Crippen LogP contribution in [-0.4, -0.2) is 23.8 Å². The molecule has 0 saturated heterocycles. The minimum Gasteiger partial charge on any atom is -0.444 e. The summed E-state index contributed by atoms with van der Waals surface area (Å²) in [6.45, 7) is 5.62. The highest BCUT2D eigenvalue weighted by molar-refractivity contribution is 7.11. The molecule has 2 aromatic heterocycles. The number of hydrogen-bond acceptors (Lipinski definition) is 5. The van der Waals surface area contributed by atoms with Gasteiger partial charge < -0.3 is 10.1 Å². The molecule has 1 aliphatic rings. The molecule has 0 radical (unpaired) electrons. The number of thiophene rings is 2. The number of ether oxygens (including phenoxy) is 1. The Morgan fingerprint density at radius 1 is 1.17 bits per heavy atom. The molecule has 4 nitrogen and oxygen atoms in total. The number of carbonyl (C=O) groups excluding carboxylic acids is 1. The number of carbonyl (C=O) groups is 1. The Hall–Kier alpha value is -1.37. The van der Waals surface area contributed by atoms with E-state index in [1.807, 2.05) is 20.8 Å². The number of hydrogen-bond donors (Lipinski definition) is 2. The van der Waals surface area contributed by atoms with Crippen molar-refractivity contribution in [2.24, 2.45) is 0 Å². The lowest BCUT2D eigenvalue weighted by molar-refractivity contribution is 0.0522. The van der Waals surface area contributed by atoms with Crippen LogP contribution in [0.15, 0.2) is 35.0 Å². The van der Waals surface area contributed by atoms with Crippen LogP contribution in [0, 0.1) is 0 Å². The molecule has 1 saturated carbocycles. The summed E-state index contributed by atoms with van der Waals surface area (Å²) in [7, 11) is 0. The fourth-order valence-electron chi connectivity index (χ4n) is 2.43. The van der Waals surface area contributed by atoms with Crippen LogP contribution in [0.5, 0.6) is 0 Å². The molecule has 0 aromatic carbocycles. The summed E-state index contributed by atoms with van der Waals surface area (Å²) in [6.07, 6.45) is 0.600. The topological polar surface area (TPSA) is 50.4 Å². The molecule has 1 aliphatic carbocycles. The predicted octanol–water partition coefficient (Wildman–Crippen LogP) is 4.15. The van der Waals surface area contributed by atoms with E-state index in [4.69, 9.17) is 4.74 Å². The molecule has 0 aliphatic heterocycles. The van der Waals surface area contributed by atoms with Gasteiger partial charge in [-0.1, -0.05) is 12.1 Å². The van der Waals surface area contributed by atoms with Crippen molar-refractivity contribution >= 4 is 28.8 Å². The summed E-state index contributed by atoms with van der Waals surface area (Å²) in [6, 6.07) is 9.09. The Bertz CT molecular complexity index is 598. The number of nitrogens with one attached hydrogen (secondary N) is 2. The maximum atomic E-state index is 11.8. The van der Waals surface area contributed by atoms with Gasteiger partial charge >= 0.3 is 6.09 Å². The van der Waals surface area contributed by atoms with Crippen LogP contribution in [0.2, 0.25) is 0 Å². The molecule has 2 heterocycles. The second-order valence-electron chi connectivity index (χ2n) is 6.73. The first-order chi connectivity index (χ1) is 10.9. The zero-order valence-electron chi connectivity index (χ0n) is 13.5. The highest BCUT2D eigenvalue weighted by Crippen LogP contribution is 2.33. The minimum absolute atomic E-state index is 0.146. The van der Waals surface area contributed by atoms with Crippen LogP contribution >= 0.6 is 22.7 Å². The van der Waals surface area contributed by atoms with Crippen LogP contribution in [-0.2, 0) is 4.74 Å². The van der Waals surface area contributed by atoms with Crippen molar-refractivity contribution in [1.29, 1.82) is 0 Å². The van der Waals surface area contributed by atoms with Crippen molar-refractivity contribution in [2.75, 3.05) is 0 Å². The van der Waals surface area contributed by atoms with Crippen molar-refractivity contribution in [3.63, 3.8) is 0 Å². The molecule has 0 bridgehead atoms. The van der Waals surface area contributed by atoms with Crippen LogP contribution in [0.25, 0.3) is 0 Å². The highest BCUT2D eigenvalue weighted by atomic mass is 32.1. The number of amides is 1. The maximum Gasteiger partial charge on any atom is 0.407 e. The minimum atomic E-state index is -0.460. The van der Waals surface area contributed by atoms with E-state index in [9.17, 15) is 4.79 Å². The smallest absolute Gasteiger partial charge is 0.407 e. The summed E-state index contributed by atoms with van der Waals surface area (Å²) in [5.41, 5.74) is -0.460. The monoisotopic (exact) mass is 350 g/mol. The van der Waals surface area contributed by atoms with E-state index in [1.165, 1.54) is 9.75 Å². The van der Waals surface area contributed by atoms with Gasteiger partial charge in [-0.15, -0.1) is 22.7 Å². The van der Waals surface area contributed by atoms with Crippen molar-refractivity contribution in [1.82, 2.24) is 10.6 Å². The Kier molecular flexibility index (Phi) is 4.75. The van der Waals surface area contributed by atoms with Gasteiger partial charge in [0.1, 0.15) is 5.60 Å². The second-order valence-corrected chi connectivity index (χ2v) is 8.68. The third-order valence-electron chi connectivity index (χ3n) is 3.53. The van der Waals surface area contributed by atoms with E-state index in [0.717, 1.165) is 6.42 Å². The van der Waals surface area contributed by atoms with Gasteiger partial charge in [-0.25, -0.2) is 4.79 Å². The first-order valence-electron chi connectivity index (χ1n) is 7.75. The lowest BCUT2D eigenvalue weighted by Crippen LogP contribution is -2.37. The average molecular weight is 351 g/mol. The quantitative estimate of drug-likeness (QED) is 0.851. The van der Waals surface area contributed by atoms with Gasteiger partial charge in [0.25, 0.3) is 0 Å². The van der Waals surface area contributed by atoms with Gasteiger partial charge in [-0.05, 0) is 50.1 Å². The molecular weight excluding hydrogens is 328 g/mol. The van der Waals surface area contributed by atoms with Gasteiger partial charge in [0.05, 0.1) is 6.04 Å². The molecule has 1 amide bonds. The van der Waals surface area contributed by atoms with Gasteiger partial charge in [0.15, 0.2) is 0 Å². The molecule has 2 unspecified atom stereocenters. The number of alkyl carbamates (subject to hydrolysis) is 1.